The molecule has 0 saturated heterocycles. The van der Waals surface area contributed by atoms with Crippen LogP contribution < -0.4 is 10.6 Å². The zero-order valence-corrected chi connectivity index (χ0v) is 14.1. The van der Waals surface area contributed by atoms with Gasteiger partial charge in [-0.2, -0.15) is 0 Å². The minimum Gasteiger partial charge on any atom is -0.381 e. The lowest BCUT2D eigenvalue weighted by molar-refractivity contribution is -0.113. The highest BCUT2D eigenvalue weighted by Crippen LogP contribution is 2.33. The Morgan fingerprint density at radius 1 is 1.29 bits per heavy atom. The van der Waals surface area contributed by atoms with E-state index in [1.165, 1.54) is 0 Å². The van der Waals surface area contributed by atoms with Crippen LogP contribution in [0.25, 0.3) is 0 Å². The van der Waals surface area contributed by atoms with E-state index in [1.807, 2.05) is 36.4 Å². The molecule has 21 heavy (non-hydrogen) atoms. The number of rotatable bonds is 3. The molecular weight excluding hydrogens is 372 g/mol. The number of halogens is 2. The zero-order chi connectivity index (χ0) is 14.8. The van der Waals surface area contributed by atoms with Gasteiger partial charge in [0.1, 0.15) is 0 Å². The summed E-state index contributed by atoms with van der Waals surface area (Å²) in [4.78, 5) is 12.5. The molecule has 0 spiro atoms. The molecule has 2 aromatic carbocycles. The summed E-state index contributed by atoms with van der Waals surface area (Å²) in [5.41, 5.74) is 2.83. The molecule has 1 aliphatic heterocycles. The Morgan fingerprint density at radius 3 is 3.00 bits per heavy atom. The average Bonchev–Trinajstić information content (AvgIpc) is 2.47. The number of nitrogens with one attached hydrogen (secondary N) is 2. The van der Waals surface area contributed by atoms with Crippen molar-refractivity contribution in [2.45, 2.75) is 11.4 Å². The number of amides is 1. The van der Waals surface area contributed by atoms with Crippen LogP contribution in [0.15, 0.2) is 45.8 Å². The number of fused-ring (bicyclic) bond motifs is 1. The first-order valence-corrected chi connectivity index (χ1v) is 8.52. The smallest absolute Gasteiger partial charge is 0.234 e. The van der Waals surface area contributed by atoms with Crippen molar-refractivity contribution < 1.29 is 4.79 Å². The van der Waals surface area contributed by atoms with Crippen LogP contribution in [0, 0.1) is 0 Å². The summed E-state index contributed by atoms with van der Waals surface area (Å²) in [5.74, 6) is 0.521. The third kappa shape index (κ3) is 3.54. The SMILES string of the molecule is O=C1CSc2ccc(NCc3cc(Br)ccc3Cl)cc2N1. The van der Waals surface area contributed by atoms with E-state index in [9.17, 15) is 4.79 Å². The van der Waals surface area contributed by atoms with E-state index in [4.69, 9.17) is 11.6 Å². The van der Waals surface area contributed by atoms with E-state index in [0.29, 0.717) is 12.3 Å². The van der Waals surface area contributed by atoms with Crippen LogP contribution in [-0.2, 0) is 11.3 Å². The highest BCUT2D eigenvalue weighted by Gasteiger charge is 2.15. The summed E-state index contributed by atoms with van der Waals surface area (Å²) in [7, 11) is 0. The number of benzene rings is 2. The van der Waals surface area contributed by atoms with Crippen molar-refractivity contribution in [3.05, 3.63) is 51.5 Å². The van der Waals surface area contributed by atoms with Gasteiger partial charge in [0.05, 0.1) is 11.4 Å². The van der Waals surface area contributed by atoms with Gasteiger partial charge in [0.15, 0.2) is 0 Å². The second-order valence-electron chi connectivity index (χ2n) is 4.64. The van der Waals surface area contributed by atoms with Crippen LogP contribution in [0.4, 0.5) is 11.4 Å². The molecule has 2 N–H and O–H groups in total. The minimum atomic E-state index is 0.0414. The molecule has 0 saturated carbocycles. The Bertz CT molecular complexity index is 708. The predicted octanol–water partition coefficient (Wildman–Crippen LogP) is 4.76. The summed E-state index contributed by atoms with van der Waals surface area (Å²) in [6.45, 7) is 0.623. The lowest BCUT2D eigenvalue weighted by Gasteiger charge is -2.17. The van der Waals surface area contributed by atoms with Crippen LogP contribution in [0.2, 0.25) is 5.02 Å². The van der Waals surface area contributed by atoms with Crippen LogP contribution in [0.1, 0.15) is 5.56 Å². The van der Waals surface area contributed by atoms with Gasteiger partial charge in [0, 0.05) is 26.6 Å². The fourth-order valence-corrected chi connectivity index (χ4v) is 3.45. The van der Waals surface area contributed by atoms with Crippen molar-refractivity contribution in [3.8, 4) is 0 Å². The van der Waals surface area contributed by atoms with Gasteiger partial charge in [-0.15, -0.1) is 11.8 Å². The number of carbonyl (C=O) groups is 1. The van der Waals surface area contributed by atoms with Crippen molar-refractivity contribution in [1.82, 2.24) is 0 Å². The summed E-state index contributed by atoms with van der Waals surface area (Å²) in [5, 5.41) is 6.94. The highest BCUT2D eigenvalue weighted by molar-refractivity contribution is 9.10. The van der Waals surface area contributed by atoms with Gasteiger partial charge in [0.2, 0.25) is 5.91 Å². The molecule has 1 amide bonds. The maximum atomic E-state index is 11.4. The normalized spacial score (nSPS) is 13.5. The summed E-state index contributed by atoms with van der Waals surface area (Å²) in [6, 6.07) is 11.7. The Morgan fingerprint density at radius 2 is 2.14 bits per heavy atom. The van der Waals surface area contributed by atoms with E-state index >= 15 is 0 Å². The lowest BCUT2D eigenvalue weighted by atomic mass is 10.2. The summed E-state index contributed by atoms with van der Waals surface area (Å²) in [6.07, 6.45) is 0. The number of hydrogen-bond acceptors (Lipinski definition) is 3. The number of anilines is 2. The van der Waals surface area contributed by atoms with E-state index in [0.717, 1.165) is 31.3 Å². The molecule has 0 atom stereocenters. The van der Waals surface area contributed by atoms with Gasteiger partial charge in [-0.05, 0) is 42.0 Å². The van der Waals surface area contributed by atoms with Crippen LogP contribution in [0.3, 0.4) is 0 Å². The fraction of sp³-hybridized carbons (Fsp3) is 0.133. The largest absolute Gasteiger partial charge is 0.381 e. The topological polar surface area (TPSA) is 41.1 Å². The molecule has 108 valence electrons. The molecule has 0 fully saturated rings. The Kier molecular flexibility index (Phi) is 4.42. The van der Waals surface area contributed by atoms with Gasteiger partial charge in [-0.25, -0.2) is 0 Å². The van der Waals surface area contributed by atoms with Crippen LogP contribution in [0.5, 0.6) is 0 Å². The van der Waals surface area contributed by atoms with Gasteiger partial charge < -0.3 is 10.6 Å². The van der Waals surface area contributed by atoms with Crippen LogP contribution >= 0.6 is 39.3 Å². The molecule has 3 rings (SSSR count). The van der Waals surface area contributed by atoms with Crippen molar-refractivity contribution in [3.63, 3.8) is 0 Å². The second kappa shape index (κ2) is 6.30. The maximum Gasteiger partial charge on any atom is 0.234 e. The molecule has 3 nitrogen and oxygen atoms in total. The monoisotopic (exact) mass is 382 g/mol. The van der Waals surface area contributed by atoms with Crippen molar-refractivity contribution in [1.29, 1.82) is 0 Å². The Labute approximate surface area is 140 Å². The maximum absolute atomic E-state index is 11.4. The van der Waals surface area contributed by atoms with Crippen LogP contribution in [-0.4, -0.2) is 11.7 Å². The molecule has 6 heteroatoms. The molecule has 0 radical (unpaired) electrons. The molecule has 0 aliphatic carbocycles. The first-order valence-electron chi connectivity index (χ1n) is 6.36. The third-order valence-corrected chi connectivity index (χ3v) is 5.04. The molecule has 0 unspecified atom stereocenters. The van der Waals surface area contributed by atoms with E-state index in [2.05, 4.69) is 26.6 Å². The first kappa shape index (κ1) is 14.8. The average molecular weight is 384 g/mol. The minimum absolute atomic E-state index is 0.0414. The molecule has 1 heterocycles. The van der Waals surface area contributed by atoms with Gasteiger partial charge in [0.25, 0.3) is 0 Å². The molecule has 1 aliphatic rings. The number of carbonyl (C=O) groups excluding carboxylic acids is 1. The number of hydrogen-bond donors (Lipinski definition) is 2. The van der Waals surface area contributed by atoms with Gasteiger partial charge >= 0.3 is 0 Å². The molecular formula is C15H12BrClN2OS. The lowest BCUT2D eigenvalue weighted by Crippen LogP contribution is -2.18. The third-order valence-electron chi connectivity index (χ3n) is 3.10. The Balaban J connectivity index is 1.75. The quantitative estimate of drug-likeness (QED) is 0.803. The summed E-state index contributed by atoms with van der Waals surface area (Å²) >= 11 is 11.2. The van der Waals surface area contributed by atoms with Crippen molar-refractivity contribution in [2.24, 2.45) is 0 Å². The fourth-order valence-electron chi connectivity index (χ4n) is 2.07. The summed E-state index contributed by atoms with van der Waals surface area (Å²) < 4.78 is 0.998. The second-order valence-corrected chi connectivity index (χ2v) is 6.98. The van der Waals surface area contributed by atoms with Crippen molar-refractivity contribution >= 4 is 56.6 Å². The Hall–Kier alpha value is -1.17. The standard InChI is InChI=1S/C15H12BrClN2OS/c16-10-1-3-12(17)9(5-10)7-18-11-2-4-14-13(6-11)19-15(20)8-21-14/h1-6,18H,7-8H2,(H,19,20). The molecule has 0 aromatic heterocycles. The van der Waals surface area contributed by atoms with E-state index in [-0.39, 0.29) is 5.91 Å². The zero-order valence-electron chi connectivity index (χ0n) is 11.0. The molecule has 0 bridgehead atoms. The number of thioether (sulfide) groups is 1. The van der Waals surface area contributed by atoms with Crippen molar-refractivity contribution in [2.75, 3.05) is 16.4 Å². The van der Waals surface area contributed by atoms with E-state index in [1.54, 1.807) is 11.8 Å². The van der Waals surface area contributed by atoms with E-state index < -0.39 is 0 Å². The highest BCUT2D eigenvalue weighted by atomic mass is 79.9. The predicted molar refractivity (Wildman–Crippen MR) is 92.3 cm³/mol. The van der Waals surface area contributed by atoms with Gasteiger partial charge in [-0.1, -0.05) is 27.5 Å². The first-order chi connectivity index (χ1) is 10.1. The molecule has 2 aromatic rings. The van der Waals surface area contributed by atoms with Gasteiger partial charge in [-0.3, -0.25) is 4.79 Å².